The number of hydrogen-bond donors (Lipinski definition) is 2. The molecule has 0 aliphatic rings. The van der Waals surface area contributed by atoms with Crippen molar-refractivity contribution in [1.82, 2.24) is 20.4 Å². The summed E-state index contributed by atoms with van der Waals surface area (Å²) in [6.45, 7) is 5.37. The van der Waals surface area contributed by atoms with Crippen LogP contribution in [-0.4, -0.2) is 28.8 Å². The van der Waals surface area contributed by atoms with Gasteiger partial charge in [-0.25, -0.2) is 4.99 Å². The number of nitrogens with one attached hydrogen (secondary N) is 2. The minimum absolute atomic E-state index is 0. The van der Waals surface area contributed by atoms with Crippen molar-refractivity contribution in [1.29, 1.82) is 0 Å². The van der Waals surface area contributed by atoms with Gasteiger partial charge in [0.1, 0.15) is 0 Å². The largest absolute Gasteiger partial charge is 0.357 e. The highest BCUT2D eigenvalue weighted by atomic mass is 127. The van der Waals surface area contributed by atoms with E-state index in [9.17, 15) is 0 Å². The van der Waals surface area contributed by atoms with E-state index in [1.165, 1.54) is 5.56 Å². The van der Waals surface area contributed by atoms with E-state index < -0.39 is 0 Å². The van der Waals surface area contributed by atoms with E-state index in [-0.39, 0.29) is 24.0 Å². The molecule has 0 unspecified atom stereocenters. The van der Waals surface area contributed by atoms with Crippen molar-refractivity contribution >= 4 is 45.9 Å². The number of aromatic nitrogens is 2. The quantitative estimate of drug-likeness (QED) is 0.270. The van der Waals surface area contributed by atoms with E-state index in [0.717, 1.165) is 36.5 Å². The summed E-state index contributed by atoms with van der Waals surface area (Å²) in [5, 5.41) is 10.8. The lowest BCUT2D eigenvalue weighted by molar-refractivity contribution is 0.570. The Hall–Kier alpha value is -1.09. The number of benzene rings is 1. The molecule has 126 valence electrons. The average Bonchev–Trinajstić information content (AvgIpc) is 3.04. The molecule has 0 radical (unpaired) electrons. The molecule has 1 aromatic carbocycles. The Kier molecular flexibility index (Phi) is 9.93. The lowest BCUT2D eigenvalue weighted by atomic mass is 10.2. The Labute approximate surface area is 163 Å². The third-order valence-electron chi connectivity index (χ3n) is 3.09. The van der Waals surface area contributed by atoms with Crippen molar-refractivity contribution in [2.75, 3.05) is 13.1 Å². The molecule has 0 aliphatic heterocycles. The van der Waals surface area contributed by atoms with Crippen LogP contribution in [0.5, 0.6) is 0 Å². The maximum absolute atomic E-state index is 4.60. The molecule has 0 saturated carbocycles. The van der Waals surface area contributed by atoms with Crippen LogP contribution in [0.3, 0.4) is 0 Å². The summed E-state index contributed by atoms with van der Waals surface area (Å²) in [5.74, 6) is 0.853. The van der Waals surface area contributed by atoms with Gasteiger partial charge in [0.05, 0.1) is 6.54 Å². The van der Waals surface area contributed by atoms with Crippen molar-refractivity contribution in [2.45, 2.75) is 26.4 Å². The van der Waals surface area contributed by atoms with Crippen LogP contribution in [-0.2, 0) is 13.1 Å². The smallest absolute Gasteiger partial charge is 0.191 e. The van der Waals surface area contributed by atoms with Gasteiger partial charge in [0.25, 0.3) is 0 Å². The number of halogens is 2. The first-order chi connectivity index (χ1) is 10.8. The first-order valence-corrected chi connectivity index (χ1v) is 8.31. The van der Waals surface area contributed by atoms with Crippen LogP contribution in [0.2, 0.25) is 0 Å². The van der Waals surface area contributed by atoms with Crippen molar-refractivity contribution in [3.8, 4) is 0 Å². The topological polar surface area (TPSA) is 54.2 Å². The first-order valence-electron chi connectivity index (χ1n) is 7.52. The Balaban J connectivity index is 0.00000264. The van der Waals surface area contributed by atoms with Gasteiger partial charge in [0.15, 0.2) is 5.96 Å². The van der Waals surface area contributed by atoms with Crippen molar-refractivity contribution in [2.24, 2.45) is 4.99 Å². The number of aryl methyl sites for hydroxylation is 1. The molecule has 2 aromatic rings. The van der Waals surface area contributed by atoms with Gasteiger partial charge in [-0.3, -0.25) is 4.68 Å². The molecular formula is C16H23BrIN5. The number of guanidine groups is 1. The van der Waals surface area contributed by atoms with E-state index in [2.05, 4.69) is 55.7 Å². The molecule has 23 heavy (non-hydrogen) atoms. The van der Waals surface area contributed by atoms with Crippen LogP contribution in [0.4, 0.5) is 0 Å². The first kappa shape index (κ1) is 20.0. The van der Waals surface area contributed by atoms with Crippen LogP contribution < -0.4 is 10.6 Å². The predicted octanol–water partition coefficient (Wildman–Crippen LogP) is 3.41. The maximum Gasteiger partial charge on any atom is 0.191 e. The van der Waals surface area contributed by atoms with Crippen molar-refractivity contribution in [3.05, 3.63) is 52.8 Å². The molecule has 5 nitrogen and oxygen atoms in total. The number of nitrogens with zero attached hydrogens (tertiary/aromatic N) is 3. The van der Waals surface area contributed by atoms with E-state index in [0.29, 0.717) is 6.54 Å². The van der Waals surface area contributed by atoms with Gasteiger partial charge < -0.3 is 10.6 Å². The molecule has 0 spiro atoms. The average molecular weight is 492 g/mol. The lowest BCUT2D eigenvalue weighted by Gasteiger charge is -2.11. The second kappa shape index (κ2) is 11.4. The summed E-state index contributed by atoms with van der Waals surface area (Å²) in [7, 11) is 0. The third-order valence-corrected chi connectivity index (χ3v) is 3.62. The zero-order chi connectivity index (χ0) is 15.6. The molecule has 0 saturated heterocycles. The molecular weight excluding hydrogens is 469 g/mol. The zero-order valence-electron chi connectivity index (χ0n) is 13.2. The van der Waals surface area contributed by atoms with E-state index >= 15 is 0 Å². The highest BCUT2D eigenvalue weighted by Crippen LogP contribution is 2.10. The molecule has 0 aliphatic carbocycles. The van der Waals surface area contributed by atoms with Crippen molar-refractivity contribution < 1.29 is 0 Å². The fourth-order valence-corrected chi connectivity index (χ4v) is 2.25. The van der Waals surface area contributed by atoms with Gasteiger partial charge in [0.2, 0.25) is 0 Å². The van der Waals surface area contributed by atoms with Gasteiger partial charge in [-0.2, -0.15) is 5.10 Å². The highest BCUT2D eigenvalue weighted by molar-refractivity contribution is 14.0. The summed E-state index contributed by atoms with van der Waals surface area (Å²) in [6.07, 6.45) is 4.79. The number of rotatable bonds is 7. The van der Waals surface area contributed by atoms with E-state index in [1.54, 1.807) is 6.20 Å². The van der Waals surface area contributed by atoms with Gasteiger partial charge in [-0.1, -0.05) is 28.1 Å². The van der Waals surface area contributed by atoms with E-state index in [4.69, 9.17) is 0 Å². The van der Waals surface area contributed by atoms with Crippen LogP contribution in [0, 0.1) is 0 Å². The highest BCUT2D eigenvalue weighted by Gasteiger charge is 1.98. The second-order valence-electron chi connectivity index (χ2n) is 4.87. The normalized spacial score (nSPS) is 11.0. The third kappa shape index (κ3) is 7.83. The number of hydrogen-bond acceptors (Lipinski definition) is 2. The Bertz CT molecular complexity index is 569. The molecule has 7 heteroatoms. The van der Waals surface area contributed by atoms with Crippen LogP contribution >= 0.6 is 39.9 Å². The van der Waals surface area contributed by atoms with Gasteiger partial charge in [-0.05, 0) is 37.1 Å². The molecule has 1 heterocycles. The fourth-order valence-electron chi connectivity index (χ4n) is 1.98. The van der Waals surface area contributed by atoms with Gasteiger partial charge >= 0.3 is 0 Å². The Morgan fingerprint density at radius 3 is 2.70 bits per heavy atom. The fraction of sp³-hybridized carbons (Fsp3) is 0.375. The SMILES string of the molecule is CCNC(=NCc1ccc(Br)cc1)NCCCn1cccn1.I. The maximum atomic E-state index is 4.60. The van der Waals surface area contributed by atoms with E-state index in [1.807, 2.05) is 29.1 Å². The molecule has 0 bridgehead atoms. The molecule has 0 amide bonds. The standard InChI is InChI=1S/C16H22BrN5.HI/c1-2-18-16(19-9-3-11-22-12-4-10-21-22)20-13-14-5-7-15(17)8-6-14;/h4-8,10,12H,2-3,9,11,13H2,1H3,(H2,18,19,20);1H. The van der Waals surface area contributed by atoms with Gasteiger partial charge in [-0.15, -0.1) is 24.0 Å². The summed E-state index contributed by atoms with van der Waals surface area (Å²) in [6, 6.07) is 10.2. The monoisotopic (exact) mass is 491 g/mol. The summed E-state index contributed by atoms with van der Waals surface area (Å²) in [4.78, 5) is 4.60. The van der Waals surface area contributed by atoms with Crippen LogP contribution in [0.15, 0.2) is 52.2 Å². The molecule has 0 atom stereocenters. The van der Waals surface area contributed by atoms with Crippen molar-refractivity contribution in [3.63, 3.8) is 0 Å². The molecule has 2 rings (SSSR count). The minimum atomic E-state index is 0. The minimum Gasteiger partial charge on any atom is -0.357 e. The van der Waals surface area contributed by atoms with Gasteiger partial charge in [0, 0.05) is 36.5 Å². The lowest BCUT2D eigenvalue weighted by Crippen LogP contribution is -2.38. The molecule has 1 aromatic heterocycles. The summed E-state index contributed by atoms with van der Waals surface area (Å²) in [5.41, 5.74) is 1.19. The Morgan fingerprint density at radius 2 is 2.04 bits per heavy atom. The summed E-state index contributed by atoms with van der Waals surface area (Å²) < 4.78 is 3.02. The van der Waals surface area contributed by atoms with Crippen LogP contribution in [0.1, 0.15) is 18.9 Å². The predicted molar refractivity (Wildman–Crippen MR) is 109 cm³/mol. The molecule has 0 fully saturated rings. The second-order valence-corrected chi connectivity index (χ2v) is 5.79. The molecule has 2 N–H and O–H groups in total. The number of aliphatic imine (C=N–C) groups is 1. The summed E-state index contributed by atoms with van der Waals surface area (Å²) >= 11 is 3.44. The Morgan fingerprint density at radius 1 is 1.26 bits per heavy atom. The zero-order valence-corrected chi connectivity index (χ0v) is 17.1. The van der Waals surface area contributed by atoms with Crippen LogP contribution in [0.25, 0.3) is 0 Å².